The van der Waals surface area contributed by atoms with Gasteiger partial charge in [0.05, 0.1) is 24.6 Å². The van der Waals surface area contributed by atoms with Gasteiger partial charge in [0.25, 0.3) is 0 Å². The molecular weight excluding hydrogens is 468 g/mol. The van der Waals surface area contributed by atoms with E-state index in [1.807, 2.05) is 48.5 Å². The Kier molecular flexibility index (Phi) is 19.0. The Morgan fingerprint density at radius 1 is 0.395 bits per heavy atom. The van der Waals surface area contributed by atoms with E-state index in [9.17, 15) is 0 Å². The molecule has 4 heteroatoms. The van der Waals surface area contributed by atoms with Crippen LogP contribution in [0.3, 0.4) is 0 Å². The third-order valence-electron chi connectivity index (χ3n) is 6.99. The largest absolute Gasteiger partial charge is 0.494 e. The van der Waals surface area contributed by atoms with Gasteiger partial charge < -0.3 is 9.47 Å². The maximum absolute atomic E-state index is 5.89. The molecule has 212 valence electrons. The monoisotopic (exact) mass is 522 g/mol. The van der Waals surface area contributed by atoms with Crippen molar-refractivity contribution in [1.29, 1.82) is 0 Å². The van der Waals surface area contributed by atoms with E-state index in [1.54, 1.807) is 0 Å². The molecule has 0 heterocycles. The first-order chi connectivity index (χ1) is 18.8. The van der Waals surface area contributed by atoms with Crippen molar-refractivity contribution in [1.82, 2.24) is 0 Å². The van der Waals surface area contributed by atoms with Crippen LogP contribution < -0.4 is 9.47 Å². The summed E-state index contributed by atoms with van der Waals surface area (Å²) >= 11 is 0. The molecule has 0 aliphatic carbocycles. The van der Waals surface area contributed by atoms with E-state index < -0.39 is 0 Å². The van der Waals surface area contributed by atoms with Gasteiger partial charge in [-0.05, 0) is 61.4 Å². The average molecular weight is 523 g/mol. The van der Waals surface area contributed by atoms with Crippen LogP contribution >= 0.6 is 0 Å². The highest BCUT2D eigenvalue weighted by atomic mass is 16.5. The minimum Gasteiger partial charge on any atom is -0.494 e. The Hall–Kier alpha value is -2.36. The number of ether oxygens (including phenoxy) is 2. The maximum atomic E-state index is 5.89. The average Bonchev–Trinajstić information content (AvgIpc) is 2.95. The van der Waals surface area contributed by atoms with Crippen LogP contribution in [0.25, 0.3) is 0 Å². The molecule has 0 atom stereocenters. The summed E-state index contributed by atoms with van der Waals surface area (Å²) in [4.78, 5) is 0. The topological polar surface area (TPSA) is 43.2 Å². The molecule has 0 fully saturated rings. The molecular formula is C34H54N2O2. The SMILES string of the molecule is CCCCCCCCCCCOc1ccc(N=Nc2ccc(OCCCCCCCCCCC)cc2)cc1. The minimum absolute atomic E-state index is 0.782. The van der Waals surface area contributed by atoms with Gasteiger partial charge in [-0.15, -0.1) is 0 Å². The van der Waals surface area contributed by atoms with Crippen LogP contribution in [0.2, 0.25) is 0 Å². The summed E-state index contributed by atoms with van der Waals surface area (Å²) in [5.41, 5.74) is 1.65. The molecule has 0 aliphatic rings. The second kappa shape index (κ2) is 22.6. The number of rotatable bonds is 24. The number of benzene rings is 2. The minimum atomic E-state index is 0.782. The van der Waals surface area contributed by atoms with Crippen molar-refractivity contribution in [2.24, 2.45) is 10.2 Å². The number of azo groups is 1. The zero-order valence-electron chi connectivity index (χ0n) is 24.5. The smallest absolute Gasteiger partial charge is 0.119 e. The second-order valence-corrected chi connectivity index (χ2v) is 10.5. The van der Waals surface area contributed by atoms with Gasteiger partial charge in [-0.25, -0.2) is 0 Å². The molecule has 0 spiro atoms. The maximum Gasteiger partial charge on any atom is 0.119 e. The van der Waals surface area contributed by atoms with Crippen LogP contribution in [0.15, 0.2) is 58.8 Å². The van der Waals surface area contributed by atoms with Gasteiger partial charge in [0.2, 0.25) is 0 Å². The third-order valence-corrected chi connectivity index (χ3v) is 6.99. The number of hydrogen-bond donors (Lipinski definition) is 0. The third kappa shape index (κ3) is 16.5. The fourth-order valence-electron chi connectivity index (χ4n) is 4.54. The standard InChI is InChI=1S/C34H54N2O2/c1-3-5-7-9-11-13-15-17-19-29-37-33-25-21-31(22-26-33)35-36-32-23-27-34(28-24-32)38-30-20-18-16-14-12-10-8-6-4-2/h21-28H,3-20,29-30H2,1-2H3. The Morgan fingerprint density at radius 2 is 0.684 bits per heavy atom. The molecule has 2 rings (SSSR count). The predicted molar refractivity (Wildman–Crippen MR) is 163 cm³/mol. The van der Waals surface area contributed by atoms with Gasteiger partial charge in [0.1, 0.15) is 11.5 Å². The van der Waals surface area contributed by atoms with Gasteiger partial charge in [-0.2, -0.15) is 10.2 Å². The van der Waals surface area contributed by atoms with Gasteiger partial charge in [-0.1, -0.05) is 117 Å². The summed E-state index contributed by atoms with van der Waals surface area (Å²) in [6.45, 7) is 6.10. The Morgan fingerprint density at radius 3 is 1.00 bits per heavy atom. The summed E-state index contributed by atoms with van der Waals surface area (Å²) in [5.74, 6) is 1.80. The molecule has 0 saturated heterocycles. The van der Waals surface area contributed by atoms with E-state index in [4.69, 9.17) is 9.47 Å². The van der Waals surface area contributed by atoms with Crippen LogP contribution in [0.5, 0.6) is 11.5 Å². The van der Waals surface area contributed by atoms with Crippen molar-refractivity contribution in [3.63, 3.8) is 0 Å². The van der Waals surface area contributed by atoms with Gasteiger partial charge in [0.15, 0.2) is 0 Å². The van der Waals surface area contributed by atoms with E-state index in [0.29, 0.717) is 0 Å². The molecule has 4 nitrogen and oxygen atoms in total. The van der Waals surface area contributed by atoms with Crippen LogP contribution in [0.4, 0.5) is 11.4 Å². The molecule has 0 N–H and O–H groups in total. The fourth-order valence-corrected chi connectivity index (χ4v) is 4.54. The quantitative estimate of drug-likeness (QED) is 0.102. The van der Waals surface area contributed by atoms with E-state index >= 15 is 0 Å². The molecule has 0 aromatic heterocycles. The van der Waals surface area contributed by atoms with Crippen molar-refractivity contribution in [3.05, 3.63) is 48.5 Å². The first kappa shape index (κ1) is 31.9. The molecule has 0 radical (unpaired) electrons. The number of nitrogens with zero attached hydrogens (tertiary/aromatic N) is 2. The first-order valence-electron chi connectivity index (χ1n) is 15.7. The Balaban J connectivity index is 1.53. The molecule has 2 aromatic rings. The molecule has 2 aromatic carbocycles. The van der Waals surface area contributed by atoms with Crippen LogP contribution in [0, 0.1) is 0 Å². The lowest BCUT2D eigenvalue weighted by molar-refractivity contribution is 0.304. The number of hydrogen-bond acceptors (Lipinski definition) is 4. The lowest BCUT2D eigenvalue weighted by atomic mass is 10.1. The van der Waals surface area contributed by atoms with Crippen molar-refractivity contribution in [2.75, 3.05) is 13.2 Å². The highest BCUT2D eigenvalue weighted by Gasteiger charge is 1.99. The molecule has 0 aliphatic heterocycles. The Labute approximate surface area is 233 Å². The summed E-state index contributed by atoms with van der Waals surface area (Å²) in [5, 5.41) is 8.72. The first-order valence-corrected chi connectivity index (χ1v) is 15.7. The molecule has 0 saturated carbocycles. The lowest BCUT2D eigenvalue weighted by Crippen LogP contribution is -1.97. The van der Waals surface area contributed by atoms with Gasteiger partial charge in [-0.3, -0.25) is 0 Å². The lowest BCUT2D eigenvalue weighted by Gasteiger charge is -2.07. The summed E-state index contributed by atoms with van der Waals surface area (Å²) in [6, 6.07) is 15.7. The van der Waals surface area contributed by atoms with E-state index in [-0.39, 0.29) is 0 Å². The zero-order chi connectivity index (χ0) is 26.9. The van der Waals surface area contributed by atoms with Crippen LogP contribution in [-0.2, 0) is 0 Å². The highest BCUT2D eigenvalue weighted by Crippen LogP contribution is 2.23. The second-order valence-electron chi connectivity index (χ2n) is 10.5. The fraction of sp³-hybridized carbons (Fsp3) is 0.647. The summed E-state index contributed by atoms with van der Waals surface area (Å²) in [7, 11) is 0. The van der Waals surface area contributed by atoms with Gasteiger partial charge in [0, 0.05) is 0 Å². The Bertz CT molecular complexity index is 748. The van der Waals surface area contributed by atoms with E-state index in [2.05, 4.69) is 24.1 Å². The van der Waals surface area contributed by atoms with E-state index in [1.165, 1.54) is 103 Å². The van der Waals surface area contributed by atoms with Crippen molar-refractivity contribution in [3.8, 4) is 11.5 Å². The van der Waals surface area contributed by atoms with Crippen molar-refractivity contribution < 1.29 is 9.47 Å². The van der Waals surface area contributed by atoms with Crippen molar-refractivity contribution >= 4 is 11.4 Å². The van der Waals surface area contributed by atoms with Crippen LogP contribution in [0.1, 0.15) is 129 Å². The molecule has 0 bridgehead atoms. The summed E-state index contributed by atoms with van der Waals surface area (Å²) < 4.78 is 11.8. The van der Waals surface area contributed by atoms with Gasteiger partial charge >= 0.3 is 0 Å². The highest BCUT2D eigenvalue weighted by molar-refractivity contribution is 5.44. The molecule has 0 unspecified atom stereocenters. The zero-order valence-corrected chi connectivity index (χ0v) is 24.5. The summed E-state index contributed by atoms with van der Waals surface area (Å²) in [6.07, 6.45) is 23.9. The number of unbranched alkanes of at least 4 members (excludes halogenated alkanes) is 16. The molecule has 38 heavy (non-hydrogen) atoms. The van der Waals surface area contributed by atoms with E-state index in [0.717, 1.165) is 48.9 Å². The molecule has 0 amide bonds. The normalized spacial score (nSPS) is 11.3. The predicted octanol–water partition coefficient (Wildman–Crippen LogP) is 11.9. The van der Waals surface area contributed by atoms with Crippen LogP contribution in [-0.4, -0.2) is 13.2 Å². The van der Waals surface area contributed by atoms with Crippen molar-refractivity contribution in [2.45, 2.75) is 129 Å².